The second kappa shape index (κ2) is 5.11. The topological polar surface area (TPSA) is 55.1 Å². The summed E-state index contributed by atoms with van der Waals surface area (Å²) in [6.45, 7) is 8.79. The molecule has 6 heteroatoms. The number of nitrogens with one attached hydrogen (secondary N) is 1. The molecule has 110 valence electrons. The zero-order valence-electron chi connectivity index (χ0n) is 12.7. The number of hydrogen-bond acceptors (Lipinski definition) is 5. The Labute approximate surface area is 128 Å². The van der Waals surface area contributed by atoms with Crippen molar-refractivity contribution in [2.75, 3.05) is 5.32 Å². The van der Waals surface area contributed by atoms with Gasteiger partial charge in [0.05, 0.1) is 11.8 Å². The lowest BCUT2D eigenvalue weighted by molar-refractivity contribution is 0.359. The Morgan fingerprint density at radius 1 is 1.33 bits per heavy atom. The van der Waals surface area contributed by atoms with Crippen molar-refractivity contribution in [1.82, 2.24) is 19.6 Å². The minimum absolute atomic E-state index is 0.170. The van der Waals surface area contributed by atoms with E-state index in [4.69, 9.17) is 0 Å². The first-order valence-corrected chi connectivity index (χ1v) is 7.84. The third-order valence-corrected chi connectivity index (χ3v) is 4.58. The van der Waals surface area contributed by atoms with Crippen molar-refractivity contribution in [3.05, 3.63) is 30.0 Å². The summed E-state index contributed by atoms with van der Waals surface area (Å²) in [6.07, 6.45) is 5.54. The van der Waals surface area contributed by atoms with Crippen LogP contribution in [0.3, 0.4) is 0 Å². The first-order chi connectivity index (χ1) is 9.95. The van der Waals surface area contributed by atoms with E-state index in [1.165, 1.54) is 0 Å². The van der Waals surface area contributed by atoms with E-state index >= 15 is 0 Å². The maximum absolute atomic E-state index is 4.63. The molecular weight excluding hydrogens is 282 g/mol. The fourth-order valence-corrected chi connectivity index (χ4v) is 2.68. The van der Waals surface area contributed by atoms with Gasteiger partial charge in [-0.05, 0) is 18.4 Å². The number of fused-ring (bicyclic) bond motifs is 1. The van der Waals surface area contributed by atoms with Gasteiger partial charge in [-0.3, -0.25) is 0 Å². The Morgan fingerprint density at radius 2 is 2.14 bits per heavy atom. The lowest BCUT2D eigenvalue weighted by atomic mass is 9.88. The number of hydrogen-bond donors (Lipinski definition) is 1. The zero-order valence-corrected chi connectivity index (χ0v) is 13.5. The summed E-state index contributed by atoms with van der Waals surface area (Å²) < 4.78 is 1.85. The minimum atomic E-state index is 0.170. The van der Waals surface area contributed by atoms with Gasteiger partial charge in [-0.15, -0.1) is 11.3 Å². The van der Waals surface area contributed by atoms with Gasteiger partial charge in [0, 0.05) is 23.8 Å². The third kappa shape index (κ3) is 2.76. The van der Waals surface area contributed by atoms with Crippen LogP contribution < -0.4 is 5.32 Å². The summed E-state index contributed by atoms with van der Waals surface area (Å²) in [7, 11) is 0. The predicted octanol–water partition coefficient (Wildman–Crippen LogP) is 3.70. The lowest BCUT2D eigenvalue weighted by Gasteiger charge is -2.28. The molecule has 21 heavy (non-hydrogen) atoms. The van der Waals surface area contributed by atoms with Gasteiger partial charge in [0.1, 0.15) is 10.6 Å². The van der Waals surface area contributed by atoms with Gasteiger partial charge in [-0.2, -0.15) is 5.10 Å². The Balaban J connectivity index is 1.92. The van der Waals surface area contributed by atoms with E-state index in [9.17, 15) is 0 Å². The van der Waals surface area contributed by atoms with Crippen LogP contribution in [0.4, 0.5) is 5.82 Å². The third-order valence-electron chi connectivity index (χ3n) is 3.69. The summed E-state index contributed by atoms with van der Waals surface area (Å²) in [6, 6.07) is 2.22. The van der Waals surface area contributed by atoms with Crippen LogP contribution in [0.1, 0.15) is 27.7 Å². The summed E-state index contributed by atoms with van der Waals surface area (Å²) in [4.78, 5) is 10.1. The molecule has 0 saturated carbocycles. The smallest absolute Gasteiger partial charge is 0.166 e. The van der Waals surface area contributed by atoms with E-state index in [0.29, 0.717) is 11.9 Å². The summed E-state index contributed by atoms with van der Waals surface area (Å²) in [5.41, 5.74) is 1.14. The molecule has 1 atom stereocenters. The maximum atomic E-state index is 4.63. The molecule has 3 aromatic heterocycles. The molecule has 0 spiro atoms. The maximum Gasteiger partial charge on any atom is 0.166 e. The fourth-order valence-electron chi connectivity index (χ4n) is 1.89. The highest BCUT2D eigenvalue weighted by Gasteiger charge is 2.20. The molecule has 0 aromatic carbocycles. The molecule has 0 bridgehead atoms. The number of anilines is 1. The first kappa shape index (κ1) is 14.0. The van der Waals surface area contributed by atoms with Crippen LogP contribution in [-0.4, -0.2) is 25.6 Å². The Morgan fingerprint density at radius 3 is 2.90 bits per heavy atom. The van der Waals surface area contributed by atoms with Gasteiger partial charge in [0.25, 0.3) is 0 Å². The van der Waals surface area contributed by atoms with Gasteiger partial charge >= 0.3 is 0 Å². The SMILES string of the molecule is C[C@@H](Nc1ccnc(-c2cnn3ccsc23)n1)C(C)(C)C. The molecular formula is C15H19N5S. The molecule has 3 heterocycles. The molecule has 0 aliphatic rings. The van der Waals surface area contributed by atoms with Crippen LogP contribution in [0.5, 0.6) is 0 Å². The molecule has 0 aliphatic carbocycles. The van der Waals surface area contributed by atoms with Crippen molar-refractivity contribution in [2.24, 2.45) is 5.41 Å². The van der Waals surface area contributed by atoms with Crippen LogP contribution in [0.15, 0.2) is 30.0 Å². The van der Waals surface area contributed by atoms with Crippen molar-refractivity contribution in [3.63, 3.8) is 0 Å². The molecule has 0 saturated heterocycles. The first-order valence-electron chi connectivity index (χ1n) is 6.96. The van der Waals surface area contributed by atoms with E-state index in [-0.39, 0.29) is 5.41 Å². The Bertz CT molecular complexity index is 753. The van der Waals surface area contributed by atoms with Crippen LogP contribution in [0.2, 0.25) is 0 Å². The van der Waals surface area contributed by atoms with Crippen LogP contribution in [0.25, 0.3) is 16.2 Å². The van der Waals surface area contributed by atoms with Crippen molar-refractivity contribution < 1.29 is 0 Å². The second-order valence-electron chi connectivity index (χ2n) is 6.21. The van der Waals surface area contributed by atoms with Crippen LogP contribution in [0, 0.1) is 5.41 Å². The summed E-state index contributed by atoms with van der Waals surface area (Å²) >= 11 is 1.64. The number of rotatable bonds is 3. The molecule has 0 aliphatic heterocycles. The second-order valence-corrected chi connectivity index (χ2v) is 7.10. The van der Waals surface area contributed by atoms with Crippen molar-refractivity contribution in [2.45, 2.75) is 33.7 Å². The van der Waals surface area contributed by atoms with Crippen molar-refractivity contribution in [1.29, 1.82) is 0 Å². The Hall–Kier alpha value is -1.95. The van der Waals surface area contributed by atoms with E-state index < -0.39 is 0 Å². The Kier molecular flexibility index (Phi) is 3.41. The monoisotopic (exact) mass is 301 g/mol. The van der Waals surface area contributed by atoms with E-state index in [1.807, 2.05) is 28.4 Å². The predicted molar refractivity (Wildman–Crippen MR) is 86.6 cm³/mol. The summed E-state index contributed by atoms with van der Waals surface area (Å²) in [5, 5.41) is 9.77. The van der Waals surface area contributed by atoms with E-state index in [2.05, 4.69) is 48.1 Å². The van der Waals surface area contributed by atoms with Gasteiger partial charge < -0.3 is 5.32 Å². The average Bonchev–Trinajstić information content (AvgIpc) is 3.00. The van der Waals surface area contributed by atoms with Gasteiger partial charge in [-0.25, -0.2) is 14.5 Å². The highest BCUT2D eigenvalue weighted by atomic mass is 32.1. The highest BCUT2D eigenvalue weighted by molar-refractivity contribution is 7.16. The quantitative estimate of drug-likeness (QED) is 0.801. The van der Waals surface area contributed by atoms with E-state index in [1.54, 1.807) is 17.5 Å². The minimum Gasteiger partial charge on any atom is -0.367 e. The molecule has 3 aromatic rings. The van der Waals surface area contributed by atoms with Gasteiger partial charge in [0.2, 0.25) is 0 Å². The molecule has 5 nitrogen and oxygen atoms in total. The van der Waals surface area contributed by atoms with Crippen molar-refractivity contribution >= 4 is 22.0 Å². The summed E-state index contributed by atoms with van der Waals surface area (Å²) in [5.74, 6) is 1.55. The lowest BCUT2D eigenvalue weighted by Crippen LogP contribution is -2.31. The van der Waals surface area contributed by atoms with E-state index in [0.717, 1.165) is 16.2 Å². The van der Waals surface area contributed by atoms with Gasteiger partial charge in [-0.1, -0.05) is 20.8 Å². The number of aromatic nitrogens is 4. The average molecular weight is 301 g/mol. The van der Waals surface area contributed by atoms with Gasteiger partial charge in [0.15, 0.2) is 5.82 Å². The molecule has 1 N–H and O–H groups in total. The highest BCUT2D eigenvalue weighted by Crippen LogP contribution is 2.26. The molecule has 3 rings (SSSR count). The van der Waals surface area contributed by atoms with Crippen LogP contribution in [-0.2, 0) is 0 Å². The van der Waals surface area contributed by atoms with Crippen molar-refractivity contribution in [3.8, 4) is 11.4 Å². The fraction of sp³-hybridized carbons (Fsp3) is 0.400. The largest absolute Gasteiger partial charge is 0.367 e. The zero-order chi connectivity index (χ0) is 15.0. The van der Waals surface area contributed by atoms with Crippen LogP contribution >= 0.6 is 11.3 Å². The molecule has 0 amide bonds. The standard InChI is InChI=1S/C15H19N5S/c1-10(15(2,3)4)18-12-5-6-16-13(19-12)11-9-17-20-7-8-21-14(11)20/h5-10H,1-4H3,(H,16,18,19)/t10-/m1/s1. The molecule has 0 unspecified atom stereocenters. The normalized spacial score (nSPS) is 13.5. The molecule has 0 radical (unpaired) electrons. The number of nitrogens with zero attached hydrogens (tertiary/aromatic N) is 4. The molecule has 0 fully saturated rings. The number of thiazole rings is 1.